The Balaban J connectivity index is 2.80. The summed E-state index contributed by atoms with van der Waals surface area (Å²) in [5.41, 5.74) is 1.63. The van der Waals surface area contributed by atoms with E-state index in [2.05, 4.69) is 10.6 Å². The standard InChI is InChI=1S/C16H19N3O3/c1-10(2)14(16(21)22)19-15(20)12(8-17)9-18-13-6-4-11(3)5-7-13/h4-7,9-10,14,18H,1-3H3,(H,19,20)(H,21,22)/b12-9-. The first-order chi connectivity index (χ1) is 10.3. The van der Waals surface area contributed by atoms with Gasteiger partial charge in [0.15, 0.2) is 0 Å². The van der Waals surface area contributed by atoms with Crippen molar-refractivity contribution in [1.82, 2.24) is 5.32 Å². The summed E-state index contributed by atoms with van der Waals surface area (Å²) in [7, 11) is 0. The molecule has 6 heteroatoms. The molecule has 1 aromatic rings. The average Bonchev–Trinajstić information content (AvgIpc) is 2.46. The fourth-order valence-corrected chi connectivity index (χ4v) is 1.69. The topological polar surface area (TPSA) is 102 Å². The maximum atomic E-state index is 12.0. The minimum Gasteiger partial charge on any atom is -0.480 e. The van der Waals surface area contributed by atoms with Gasteiger partial charge in [-0.2, -0.15) is 5.26 Å². The van der Waals surface area contributed by atoms with Gasteiger partial charge in [0.2, 0.25) is 0 Å². The SMILES string of the molecule is Cc1ccc(N/C=C(/C#N)C(=O)NC(C(=O)O)C(C)C)cc1. The molecule has 0 aliphatic rings. The summed E-state index contributed by atoms with van der Waals surface area (Å²) >= 11 is 0. The fraction of sp³-hybridized carbons (Fsp3) is 0.312. The van der Waals surface area contributed by atoms with Crippen molar-refractivity contribution in [2.75, 3.05) is 5.32 Å². The van der Waals surface area contributed by atoms with Crippen molar-refractivity contribution in [3.8, 4) is 6.07 Å². The van der Waals surface area contributed by atoms with E-state index >= 15 is 0 Å². The number of hydrogen-bond acceptors (Lipinski definition) is 4. The van der Waals surface area contributed by atoms with Crippen LogP contribution in [0.3, 0.4) is 0 Å². The van der Waals surface area contributed by atoms with Gasteiger partial charge >= 0.3 is 5.97 Å². The highest BCUT2D eigenvalue weighted by Gasteiger charge is 2.24. The molecule has 0 aliphatic carbocycles. The smallest absolute Gasteiger partial charge is 0.326 e. The molecule has 3 N–H and O–H groups in total. The van der Waals surface area contributed by atoms with Gasteiger partial charge in [0.1, 0.15) is 17.7 Å². The van der Waals surface area contributed by atoms with Crippen LogP contribution in [0.4, 0.5) is 5.69 Å². The Morgan fingerprint density at radius 1 is 1.27 bits per heavy atom. The maximum absolute atomic E-state index is 12.0. The number of carboxylic acids is 1. The lowest BCUT2D eigenvalue weighted by molar-refractivity contribution is -0.142. The molecule has 6 nitrogen and oxygen atoms in total. The molecule has 0 saturated carbocycles. The lowest BCUT2D eigenvalue weighted by Gasteiger charge is -2.17. The molecule has 1 rings (SSSR count). The number of carbonyl (C=O) groups is 2. The molecule has 0 aliphatic heterocycles. The molecule has 22 heavy (non-hydrogen) atoms. The monoisotopic (exact) mass is 301 g/mol. The van der Waals surface area contributed by atoms with E-state index in [4.69, 9.17) is 10.4 Å². The lowest BCUT2D eigenvalue weighted by Crippen LogP contribution is -2.44. The van der Waals surface area contributed by atoms with E-state index in [0.29, 0.717) is 0 Å². The van der Waals surface area contributed by atoms with Gasteiger partial charge in [-0.15, -0.1) is 0 Å². The van der Waals surface area contributed by atoms with Gasteiger partial charge in [-0.3, -0.25) is 4.79 Å². The summed E-state index contributed by atoms with van der Waals surface area (Å²) in [4.78, 5) is 23.0. The summed E-state index contributed by atoms with van der Waals surface area (Å²) in [6.07, 6.45) is 1.26. The molecule has 0 fully saturated rings. The first-order valence-electron chi connectivity index (χ1n) is 6.82. The van der Waals surface area contributed by atoms with Gasteiger partial charge in [0.25, 0.3) is 5.91 Å². The van der Waals surface area contributed by atoms with Gasteiger partial charge in [0.05, 0.1) is 0 Å². The summed E-state index contributed by atoms with van der Waals surface area (Å²) < 4.78 is 0. The number of nitriles is 1. The van der Waals surface area contributed by atoms with Crippen molar-refractivity contribution in [2.24, 2.45) is 5.92 Å². The van der Waals surface area contributed by atoms with Gasteiger partial charge in [-0.05, 0) is 25.0 Å². The van der Waals surface area contributed by atoms with Crippen LogP contribution in [0.15, 0.2) is 36.0 Å². The van der Waals surface area contributed by atoms with E-state index < -0.39 is 17.9 Å². The van der Waals surface area contributed by atoms with Crippen LogP contribution < -0.4 is 10.6 Å². The number of carboxylic acid groups (broad SMARTS) is 1. The predicted molar refractivity (Wildman–Crippen MR) is 82.9 cm³/mol. The van der Waals surface area contributed by atoms with Gasteiger partial charge in [-0.25, -0.2) is 4.79 Å². The molecule has 0 radical (unpaired) electrons. The first kappa shape index (κ1) is 17.2. The Kier molecular flexibility index (Phi) is 6.14. The molecular weight excluding hydrogens is 282 g/mol. The Morgan fingerprint density at radius 2 is 1.86 bits per heavy atom. The minimum atomic E-state index is -1.13. The van der Waals surface area contributed by atoms with Crippen LogP contribution in [0.5, 0.6) is 0 Å². The minimum absolute atomic E-state index is 0.188. The number of amides is 1. The third-order valence-corrected chi connectivity index (χ3v) is 3.02. The highest BCUT2D eigenvalue weighted by atomic mass is 16.4. The lowest BCUT2D eigenvalue weighted by atomic mass is 10.0. The summed E-state index contributed by atoms with van der Waals surface area (Å²) in [6.45, 7) is 5.31. The maximum Gasteiger partial charge on any atom is 0.326 e. The second-order valence-corrected chi connectivity index (χ2v) is 5.21. The van der Waals surface area contributed by atoms with Crippen molar-refractivity contribution in [2.45, 2.75) is 26.8 Å². The summed E-state index contributed by atoms with van der Waals surface area (Å²) in [5.74, 6) is -2.14. The van der Waals surface area contributed by atoms with Crippen LogP contribution in [-0.2, 0) is 9.59 Å². The number of benzene rings is 1. The fourth-order valence-electron chi connectivity index (χ4n) is 1.69. The van der Waals surface area contributed by atoms with Crippen molar-refractivity contribution < 1.29 is 14.7 Å². The third-order valence-electron chi connectivity index (χ3n) is 3.02. The molecule has 0 saturated heterocycles. The number of nitrogens with one attached hydrogen (secondary N) is 2. The molecule has 0 heterocycles. The zero-order chi connectivity index (χ0) is 16.7. The van der Waals surface area contributed by atoms with Crippen LogP contribution in [0.25, 0.3) is 0 Å². The number of nitrogens with zero attached hydrogens (tertiary/aromatic N) is 1. The highest BCUT2D eigenvalue weighted by molar-refractivity contribution is 5.99. The average molecular weight is 301 g/mol. The van der Waals surface area contributed by atoms with Gasteiger partial charge < -0.3 is 15.7 Å². The molecule has 1 unspecified atom stereocenters. The van der Waals surface area contributed by atoms with Gasteiger partial charge in [-0.1, -0.05) is 31.5 Å². The van der Waals surface area contributed by atoms with E-state index in [1.807, 2.05) is 31.2 Å². The second-order valence-electron chi connectivity index (χ2n) is 5.21. The number of aliphatic carboxylic acids is 1. The molecule has 0 aromatic heterocycles. The molecule has 0 bridgehead atoms. The number of aryl methyl sites for hydroxylation is 1. The largest absolute Gasteiger partial charge is 0.480 e. The number of hydrogen-bond donors (Lipinski definition) is 3. The Hall–Kier alpha value is -2.81. The Morgan fingerprint density at radius 3 is 2.32 bits per heavy atom. The zero-order valence-corrected chi connectivity index (χ0v) is 12.8. The molecule has 116 valence electrons. The number of carbonyl (C=O) groups excluding carboxylic acids is 1. The normalized spacial score (nSPS) is 12.4. The number of rotatable bonds is 6. The van der Waals surface area contributed by atoms with Crippen molar-refractivity contribution in [3.05, 3.63) is 41.6 Å². The zero-order valence-electron chi connectivity index (χ0n) is 12.8. The molecule has 0 spiro atoms. The molecule has 1 atom stereocenters. The van der Waals surface area contributed by atoms with E-state index in [1.54, 1.807) is 19.9 Å². The van der Waals surface area contributed by atoms with Crippen molar-refractivity contribution in [1.29, 1.82) is 5.26 Å². The third kappa shape index (κ3) is 4.94. The predicted octanol–water partition coefficient (Wildman–Crippen LogP) is 2.04. The van der Waals surface area contributed by atoms with E-state index in [-0.39, 0.29) is 11.5 Å². The van der Waals surface area contributed by atoms with E-state index in [9.17, 15) is 9.59 Å². The number of anilines is 1. The summed E-state index contributed by atoms with van der Waals surface area (Å²) in [6, 6.07) is 8.13. The molecular formula is C16H19N3O3. The van der Waals surface area contributed by atoms with E-state index in [0.717, 1.165) is 11.3 Å². The quantitative estimate of drug-likeness (QED) is 0.551. The van der Waals surface area contributed by atoms with Crippen molar-refractivity contribution >= 4 is 17.6 Å². The van der Waals surface area contributed by atoms with Crippen LogP contribution in [0, 0.1) is 24.2 Å². The van der Waals surface area contributed by atoms with Crippen LogP contribution in [0.1, 0.15) is 19.4 Å². The van der Waals surface area contributed by atoms with Crippen LogP contribution in [-0.4, -0.2) is 23.0 Å². The summed E-state index contributed by atoms with van der Waals surface area (Å²) in [5, 5.41) is 23.3. The van der Waals surface area contributed by atoms with Gasteiger partial charge in [0, 0.05) is 11.9 Å². The second kappa shape index (κ2) is 7.84. The Bertz CT molecular complexity index is 613. The van der Waals surface area contributed by atoms with Crippen molar-refractivity contribution in [3.63, 3.8) is 0 Å². The molecule has 1 amide bonds. The first-order valence-corrected chi connectivity index (χ1v) is 6.82. The Labute approximate surface area is 129 Å². The van der Waals surface area contributed by atoms with Crippen LogP contribution >= 0.6 is 0 Å². The highest BCUT2D eigenvalue weighted by Crippen LogP contribution is 2.09. The van der Waals surface area contributed by atoms with Crippen LogP contribution in [0.2, 0.25) is 0 Å². The molecule has 1 aromatic carbocycles. The van der Waals surface area contributed by atoms with E-state index in [1.165, 1.54) is 6.20 Å².